The third kappa shape index (κ3) is 3.77. The number of halogens is 3. The molecule has 0 fully saturated rings. The standard InChI is InChI=1S/C17H13F3O3/c1-2-23-16(22)15(21)12-7-5-6-11(10-12)13-8-3-4-9-14(13)17(18,19)20/h3-10H,2H2,1H3. The minimum Gasteiger partial charge on any atom is -0.460 e. The quantitative estimate of drug-likeness (QED) is 0.483. The van der Waals surface area contributed by atoms with Crippen molar-refractivity contribution in [3.8, 4) is 11.1 Å². The van der Waals surface area contributed by atoms with Crippen LogP contribution in [-0.2, 0) is 15.7 Å². The number of carbonyl (C=O) groups excluding carboxylic acids is 2. The number of benzene rings is 2. The lowest BCUT2D eigenvalue weighted by molar-refractivity contribution is -0.138. The van der Waals surface area contributed by atoms with Gasteiger partial charge < -0.3 is 4.74 Å². The van der Waals surface area contributed by atoms with E-state index < -0.39 is 23.5 Å². The first-order valence-electron chi connectivity index (χ1n) is 6.82. The highest BCUT2D eigenvalue weighted by Crippen LogP contribution is 2.37. The number of alkyl halides is 3. The van der Waals surface area contributed by atoms with Gasteiger partial charge in [0.25, 0.3) is 5.78 Å². The van der Waals surface area contributed by atoms with Crippen LogP contribution in [-0.4, -0.2) is 18.4 Å². The molecule has 0 unspecified atom stereocenters. The lowest BCUT2D eigenvalue weighted by atomic mass is 9.97. The second-order valence-corrected chi connectivity index (χ2v) is 4.67. The Bertz CT molecular complexity index is 736. The minimum absolute atomic E-state index is 0.0158. The van der Waals surface area contributed by atoms with E-state index in [9.17, 15) is 22.8 Å². The molecule has 0 N–H and O–H groups in total. The SMILES string of the molecule is CCOC(=O)C(=O)c1cccc(-c2ccccc2C(F)(F)F)c1. The number of carbonyl (C=O) groups is 2. The molecule has 0 atom stereocenters. The number of ketones is 1. The van der Waals surface area contributed by atoms with Crippen LogP contribution >= 0.6 is 0 Å². The van der Waals surface area contributed by atoms with Crippen LogP contribution in [0, 0.1) is 0 Å². The fraction of sp³-hybridized carbons (Fsp3) is 0.176. The molecule has 0 aliphatic heterocycles. The van der Waals surface area contributed by atoms with Gasteiger partial charge in [-0.25, -0.2) is 4.79 Å². The highest BCUT2D eigenvalue weighted by molar-refractivity contribution is 6.40. The van der Waals surface area contributed by atoms with Crippen molar-refractivity contribution >= 4 is 11.8 Å². The Hall–Kier alpha value is -2.63. The maximum absolute atomic E-state index is 13.1. The zero-order chi connectivity index (χ0) is 17.0. The molecule has 0 aliphatic rings. The van der Waals surface area contributed by atoms with E-state index in [1.165, 1.54) is 42.5 Å². The minimum atomic E-state index is -4.52. The summed E-state index contributed by atoms with van der Waals surface area (Å²) in [7, 11) is 0. The molecule has 23 heavy (non-hydrogen) atoms. The molecule has 0 spiro atoms. The van der Waals surface area contributed by atoms with Gasteiger partial charge in [0.15, 0.2) is 0 Å². The van der Waals surface area contributed by atoms with Crippen molar-refractivity contribution in [3.05, 3.63) is 59.7 Å². The smallest absolute Gasteiger partial charge is 0.417 e. The summed E-state index contributed by atoms with van der Waals surface area (Å²) in [6.45, 7) is 1.60. The van der Waals surface area contributed by atoms with Gasteiger partial charge in [-0.3, -0.25) is 4.79 Å². The molecule has 120 valence electrons. The highest BCUT2D eigenvalue weighted by atomic mass is 19.4. The van der Waals surface area contributed by atoms with Crippen molar-refractivity contribution in [2.75, 3.05) is 6.61 Å². The van der Waals surface area contributed by atoms with Crippen molar-refractivity contribution in [1.29, 1.82) is 0 Å². The van der Waals surface area contributed by atoms with Crippen LogP contribution in [0.1, 0.15) is 22.8 Å². The summed E-state index contributed by atoms with van der Waals surface area (Å²) in [5, 5.41) is 0. The van der Waals surface area contributed by atoms with Gasteiger partial charge in [-0.05, 0) is 30.2 Å². The van der Waals surface area contributed by atoms with Crippen LogP contribution in [0.4, 0.5) is 13.2 Å². The molecule has 0 heterocycles. The summed E-state index contributed by atoms with van der Waals surface area (Å²) in [5.74, 6) is -1.92. The van der Waals surface area contributed by atoms with Crippen LogP contribution in [0.25, 0.3) is 11.1 Å². The van der Waals surface area contributed by atoms with E-state index in [1.807, 2.05) is 0 Å². The number of hydrogen-bond donors (Lipinski definition) is 0. The predicted octanol–water partition coefficient (Wildman–Crippen LogP) is 4.12. The van der Waals surface area contributed by atoms with Gasteiger partial charge in [-0.2, -0.15) is 13.2 Å². The molecule has 0 radical (unpaired) electrons. The molecule has 0 bridgehead atoms. The highest BCUT2D eigenvalue weighted by Gasteiger charge is 2.33. The third-order valence-electron chi connectivity index (χ3n) is 3.13. The van der Waals surface area contributed by atoms with Crippen molar-refractivity contribution in [2.45, 2.75) is 13.1 Å². The predicted molar refractivity (Wildman–Crippen MR) is 77.8 cm³/mol. The summed E-state index contributed by atoms with van der Waals surface area (Å²) in [4.78, 5) is 23.4. The molecular formula is C17H13F3O3. The fourth-order valence-corrected chi connectivity index (χ4v) is 2.12. The first kappa shape index (κ1) is 16.7. The zero-order valence-corrected chi connectivity index (χ0v) is 12.2. The molecule has 0 amide bonds. The van der Waals surface area contributed by atoms with Crippen LogP contribution in [0.2, 0.25) is 0 Å². The van der Waals surface area contributed by atoms with Gasteiger partial charge in [-0.1, -0.05) is 36.4 Å². The van der Waals surface area contributed by atoms with E-state index in [-0.39, 0.29) is 23.3 Å². The molecule has 0 aliphatic carbocycles. The fourth-order valence-electron chi connectivity index (χ4n) is 2.12. The topological polar surface area (TPSA) is 43.4 Å². The van der Waals surface area contributed by atoms with E-state index in [4.69, 9.17) is 0 Å². The van der Waals surface area contributed by atoms with Crippen LogP contribution in [0.15, 0.2) is 48.5 Å². The summed E-state index contributed by atoms with van der Waals surface area (Å²) in [6.07, 6.45) is -4.52. The summed E-state index contributed by atoms with van der Waals surface area (Å²) < 4.78 is 43.9. The second kappa shape index (κ2) is 6.64. The number of esters is 1. The van der Waals surface area contributed by atoms with Gasteiger partial charge in [-0.15, -0.1) is 0 Å². The summed E-state index contributed by atoms with van der Waals surface area (Å²) in [5.41, 5.74) is -0.676. The maximum Gasteiger partial charge on any atom is 0.417 e. The Labute approximate surface area is 130 Å². The van der Waals surface area contributed by atoms with Crippen molar-refractivity contribution in [2.24, 2.45) is 0 Å². The maximum atomic E-state index is 13.1. The van der Waals surface area contributed by atoms with Crippen molar-refractivity contribution in [3.63, 3.8) is 0 Å². The van der Waals surface area contributed by atoms with Gasteiger partial charge >= 0.3 is 12.1 Å². The Morgan fingerprint density at radius 1 is 1.04 bits per heavy atom. The Morgan fingerprint density at radius 3 is 2.39 bits per heavy atom. The molecule has 6 heteroatoms. The Morgan fingerprint density at radius 2 is 1.74 bits per heavy atom. The zero-order valence-electron chi connectivity index (χ0n) is 12.2. The Kier molecular flexibility index (Phi) is 4.83. The lowest BCUT2D eigenvalue weighted by Gasteiger charge is -2.13. The van der Waals surface area contributed by atoms with Crippen molar-refractivity contribution < 1.29 is 27.5 Å². The molecule has 2 aromatic carbocycles. The van der Waals surface area contributed by atoms with Gasteiger partial charge in [0.1, 0.15) is 0 Å². The molecular weight excluding hydrogens is 309 g/mol. The van der Waals surface area contributed by atoms with E-state index in [2.05, 4.69) is 4.74 Å². The second-order valence-electron chi connectivity index (χ2n) is 4.67. The number of hydrogen-bond acceptors (Lipinski definition) is 3. The molecule has 2 aromatic rings. The third-order valence-corrected chi connectivity index (χ3v) is 3.13. The van der Waals surface area contributed by atoms with Gasteiger partial charge in [0.05, 0.1) is 12.2 Å². The average Bonchev–Trinajstić information content (AvgIpc) is 2.53. The summed E-state index contributed by atoms with van der Waals surface area (Å²) >= 11 is 0. The normalized spacial score (nSPS) is 11.1. The summed E-state index contributed by atoms with van der Waals surface area (Å²) in [6, 6.07) is 10.5. The molecule has 2 rings (SSSR count). The van der Waals surface area contributed by atoms with Crippen molar-refractivity contribution in [1.82, 2.24) is 0 Å². The largest absolute Gasteiger partial charge is 0.460 e. The first-order valence-corrected chi connectivity index (χ1v) is 6.82. The van der Waals surface area contributed by atoms with Crippen LogP contribution < -0.4 is 0 Å². The Balaban J connectivity index is 2.46. The van der Waals surface area contributed by atoms with Gasteiger partial charge in [0, 0.05) is 5.56 Å². The van der Waals surface area contributed by atoms with E-state index in [1.54, 1.807) is 6.92 Å². The number of ether oxygens (including phenoxy) is 1. The van der Waals surface area contributed by atoms with Gasteiger partial charge in [0.2, 0.25) is 0 Å². The first-order chi connectivity index (χ1) is 10.8. The number of Topliss-reactive ketones (excluding diaryl/α,β-unsaturated/α-hetero) is 1. The average molecular weight is 322 g/mol. The van der Waals surface area contributed by atoms with E-state index in [0.717, 1.165) is 6.07 Å². The van der Waals surface area contributed by atoms with E-state index in [0.29, 0.717) is 0 Å². The number of rotatable bonds is 4. The van der Waals surface area contributed by atoms with E-state index >= 15 is 0 Å². The molecule has 3 nitrogen and oxygen atoms in total. The molecule has 0 saturated carbocycles. The lowest BCUT2D eigenvalue weighted by Crippen LogP contribution is -2.17. The van der Waals surface area contributed by atoms with Crippen LogP contribution in [0.3, 0.4) is 0 Å². The molecule has 0 aromatic heterocycles. The monoisotopic (exact) mass is 322 g/mol. The molecule has 0 saturated heterocycles. The van der Waals surface area contributed by atoms with Crippen LogP contribution in [0.5, 0.6) is 0 Å².